The molecular formula is C18H22O2. The average Bonchev–Trinajstić information content (AvgIpc) is 2.45. The van der Waals surface area contributed by atoms with E-state index in [1.807, 2.05) is 24.3 Å². The first kappa shape index (κ1) is 14.4. The van der Waals surface area contributed by atoms with Crippen LogP contribution in [-0.2, 0) is 0 Å². The third-order valence-corrected chi connectivity index (χ3v) is 3.09. The Morgan fingerprint density at radius 3 is 2.00 bits per heavy atom. The summed E-state index contributed by atoms with van der Waals surface area (Å²) in [6, 6.07) is 16.3. The molecule has 0 aliphatic carbocycles. The normalized spacial score (nSPS) is 10.3. The minimum atomic E-state index is 0.736. The van der Waals surface area contributed by atoms with Gasteiger partial charge in [-0.3, -0.25) is 0 Å². The van der Waals surface area contributed by atoms with Gasteiger partial charge in [0.15, 0.2) is 0 Å². The fourth-order valence-electron chi connectivity index (χ4n) is 1.92. The van der Waals surface area contributed by atoms with Gasteiger partial charge in [0.2, 0.25) is 0 Å². The highest BCUT2D eigenvalue weighted by Gasteiger charge is 1.96. The third kappa shape index (κ3) is 4.96. The Morgan fingerprint density at radius 1 is 0.700 bits per heavy atom. The molecule has 0 unspecified atom stereocenters. The van der Waals surface area contributed by atoms with Gasteiger partial charge in [-0.05, 0) is 56.5 Å². The van der Waals surface area contributed by atoms with E-state index >= 15 is 0 Å². The topological polar surface area (TPSA) is 18.5 Å². The standard InChI is InChI=1S/C18H22O2/c1-15-8-10-17(11-9-15)19-12-3-4-13-20-18-7-5-6-16(2)14-18/h5-11,14H,3-4,12-13H2,1-2H3. The second kappa shape index (κ2) is 7.59. The van der Waals surface area contributed by atoms with E-state index in [1.165, 1.54) is 11.1 Å². The Bertz CT molecular complexity index is 517. The number of aryl methyl sites for hydroxylation is 2. The Morgan fingerprint density at radius 2 is 1.35 bits per heavy atom. The highest BCUT2D eigenvalue weighted by molar-refractivity contribution is 5.27. The summed E-state index contributed by atoms with van der Waals surface area (Å²) < 4.78 is 11.4. The maximum absolute atomic E-state index is 5.70. The first-order valence-corrected chi connectivity index (χ1v) is 7.13. The Hall–Kier alpha value is -1.96. The van der Waals surface area contributed by atoms with E-state index in [0.29, 0.717) is 0 Å². The van der Waals surface area contributed by atoms with Crippen molar-refractivity contribution in [3.8, 4) is 11.5 Å². The van der Waals surface area contributed by atoms with Crippen molar-refractivity contribution < 1.29 is 9.47 Å². The van der Waals surface area contributed by atoms with Gasteiger partial charge in [-0.2, -0.15) is 0 Å². The van der Waals surface area contributed by atoms with Crippen molar-refractivity contribution in [3.05, 3.63) is 59.7 Å². The summed E-state index contributed by atoms with van der Waals surface area (Å²) >= 11 is 0. The third-order valence-electron chi connectivity index (χ3n) is 3.09. The first-order valence-electron chi connectivity index (χ1n) is 7.13. The van der Waals surface area contributed by atoms with Crippen LogP contribution in [0.4, 0.5) is 0 Å². The molecule has 0 aliphatic heterocycles. The van der Waals surface area contributed by atoms with Crippen molar-refractivity contribution in [1.29, 1.82) is 0 Å². The molecule has 0 N–H and O–H groups in total. The zero-order valence-corrected chi connectivity index (χ0v) is 12.3. The van der Waals surface area contributed by atoms with Gasteiger partial charge in [0.1, 0.15) is 11.5 Å². The summed E-state index contributed by atoms with van der Waals surface area (Å²) in [6.45, 7) is 5.62. The van der Waals surface area contributed by atoms with E-state index in [0.717, 1.165) is 37.6 Å². The molecule has 2 rings (SSSR count). The van der Waals surface area contributed by atoms with Crippen LogP contribution in [0.25, 0.3) is 0 Å². The lowest BCUT2D eigenvalue weighted by Crippen LogP contribution is -2.02. The summed E-state index contributed by atoms with van der Waals surface area (Å²) in [6.07, 6.45) is 2.00. The lowest BCUT2D eigenvalue weighted by atomic mass is 10.2. The van der Waals surface area contributed by atoms with Crippen LogP contribution in [0.2, 0.25) is 0 Å². The lowest BCUT2D eigenvalue weighted by molar-refractivity contribution is 0.266. The summed E-state index contributed by atoms with van der Waals surface area (Å²) in [5, 5.41) is 0. The zero-order valence-electron chi connectivity index (χ0n) is 12.3. The lowest BCUT2D eigenvalue weighted by Gasteiger charge is -2.08. The predicted octanol–water partition coefficient (Wildman–Crippen LogP) is 4.54. The van der Waals surface area contributed by atoms with E-state index in [1.54, 1.807) is 0 Å². The maximum Gasteiger partial charge on any atom is 0.119 e. The molecule has 0 atom stereocenters. The Labute approximate surface area is 121 Å². The highest BCUT2D eigenvalue weighted by atomic mass is 16.5. The fourth-order valence-corrected chi connectivity index (χ4v) is 1.92. The first-order chi connectivity index (χ1) is 9.74. The quantitative estimate of drug-likeness (QED) is 0.688. The van der Waals surface area contributed by atoms with Gasteiger partial charge in [0.05, 0.1) is 13.2 Å². The molecule has 0 saturated heterocycles. The van der Waals surface area contributed by atoms with Crippen LogP contribution >= 0.6 is 0 Å². The molecule has 2 aromatic carbocycles. The van der Waals surface area contributed by atoms with Crippen LogP contribution in [0.3, 0.4) is 0 Å². The number of ether oxygens (including phenoxy) is 2. The molecule has 2 nitrogen and oxygen atoms in total. The number of benzene rings is 2. The number of unbranched alkanes of at least 4 members (excludes halogenated alkanes) is 1. The second-order valence-corrected chi connectivity index (χ2v) is 5.03. The van der Waals surface area contributed by atoms with Crippen LogP contribution in [-0.4, -0.2) is 13.2 Å². The smallest absolute Gasteiger partial charge is 0.119 e. The molecule has 0 spiro atoms. The SMILES string of the molecule is Cc1ccc(OCCCCOc2cccc(C)c2)cc1. The molecule has 20 heavy (non-hydrogen) atoms. The van der Waals surface area contributed by atoms with Crippen LogP contribution in [0.15, 0.2) is 48.5 Å². The molecule has 0 bridgehead atoms. The molecule has 0 aromatic heterocycles. The molecule has 0 heterocycles. The largest absolute Gasteiger partial charge is 0.494 e. The minimum absolute atomic E-state index is 0.736. The monoisotopic (exact) mass is 270 g/mol. The summed E-state index contributed by atoms with van der Waals surface area (Å²) in [7, 11) is 0. The highest BCUT2D eigenvalue weighted by Crippen LogP contribution is 2.14. The van der Waals surface area contributed by atoms with E-state index < -0.39 is 0 Å². The van der Waals surface area contributed by atoms with Crippen LogP contribution in [0.1, 0.15) is 24.0 Å². The van der Waals surface area contributed by atoms with Gasteiger partial charge in [0, 0.05) is 0 Å². The summed E-state index contributed by atoms with van der Waals surface area (Å²) in [5.74, 6) is 1.89. The van der Waals surface area contributed by atoms with Crippen molar-refractivity contribution in [2.45, 2.75) is 26.7 Å². The Kier molecular flexibility index (Phi) is 5.48. The number of rotatable bonds is 7. The van der Waals surface area contributed by atoms with Gasteiger partial charge < -0.3 is 9.47 Å². The fraction of sp³-hybridized carbons (Fsp3) is 0.333. The number of hydrogen-bond acceptors (Lipinski definition) is 2. The molecule has 2 aromatic rings. The van der Waals surface area contributed by atoms with Crippen molar-refractivity contribution in [1.82, 2.24) is 0 Å². The molecule has 0 fully saturated rings. The molecule has 0 aliphatic rings. The molecule has 106 valence electrons. The van der Waals surface area contributed by atoms with Gasteiger partial charge in [-0.25, -0.2) is 0 Å². The zero-order chi connectivity index (χ0) is 14.2. The van der Waals surface area contributed by atoms with E-state index in [9.17, 15) is 0 Å². The van der Waals surface area contributed by atoms with E-state index in [4.69, 9.17) is 9.47 Å². The van der Waals surface area contributed by atoms with Crippen molar-refractivity contribution in [2.24, 2.45) is 0 Å². The van der Waals surface area contributed by atoms with E-state index in [-0.39, 0.29) is 0 Å². The average molecular weight is 270 g/mol. The minimum Gasteiger partial charge on any atom is -0.494 e. The van der Waals surface area contributed by atoms with Gasteiger partial charge in [-0.1, -0.05) is 29.8 Å². The van der Waals surface area contributed by atoms with Gasteiger partial charge >= 0.3 is 0 Å². The van der Waals surface area contributed by atoms with E-state index in [2.05, 4.69) is 38.1 Å². The maximum atomic E-state index is 5.70. The van der Waals surface area contributed by atoms with Crippen LogP contribution in [0, 0.1) is 13.8 Å². The number of hydrogen-bond donors (Lipinski definition) is 0. The molecule has 2 heteroatoms. The summed E-state index contributed by atoms with van der Waals surface area (Å²) in [5.41, 5.74) is 2.48. The van der Waals surface area contributed by atoms with Crippen LogP contribution < -0.4 is 9.47 Å². The molecule has 0 amide bonds. The molecule has 0 radical (unpaired) electrons. The molecule has 0 saturated carbocycles. The predicted molar refractivity (Wildman–Crippen MR) is 82.6 cm³/mol. The van der Waals surface area contributed by atoms with Crippen LogP contribution in [0.5, 0.6) is 11.5 Å². The second-order valence-electron chi connectivity index (χ2n) is 5.03. The van der Waals surface area contributed by atoms with Crippen molar-refractivity contribution >= 4 is 0 Å². The van der Waals surface area contributed by atoms with Gasteiger partial charge in [0.25, 0.3) is 0 Å². The Balaban J connectivity index is 1.59. The van der Waals surface area contributed by atoms with Crippen molar-refractivity contribution in [3.63, 3.8) is 0 Å². The van der Waals surface area contributed by atoms with Gasteiger partial charge in [-0.15, -0.1) is 0 Å². The molecular weight excluding hydrogens is 248 g/mol. The van der Waals surface area contributed by atoms with Crippen molar-refractivity contribution in [2.75, 3.05) is 13.2 Å². The summed E-state index contributed by atoms with van der Waals surface area (Å²) in [4.78, 5) is 0.